The van der Waals surface area contributed by atoms with E-state index >= 15 is 0 Å². The molecule has 2 aromatic carbocycles. The fourth-order valence-corrected chi connectivity index (χ4v) is 4.23. The molecule has 0 atom stereocenters. The zero-order valence-corrected chi connectivity index (χ0v) is 18.1. The number of anilines is 1. The fraction of sp³-hybridized carbons (Fsp3) is 0.105. The molecule has 0 spiro atoms. The normalized spacial score (nSPS) is 11.3. The van der Waals surface area contributed by atoms with Crippen molar-refractivity contribution in [2.75, 3.05) is 5.32 Å². The van der Waals surface area contributed by atoms with Crippen LogP contribution in [-0.2, 0) is 15.6 Å². The smallest absolute Gasteiger partial charge is 0.276 e. The molecule has 0 fully saturated rings. The van der Waals surface area contributed by atoms with Gasteiger partial charge in [-0.25, -0.2) is 18.4 Å². The molecule has 0 saturated heterocycles. The zero-order chi connectivity index (χ0) is 21.2. The van der Waals surface area contributed by atoms with Gasteiger partial charge in [-0.3, -0.25) is 4.79 Å². The molecule has 1 aromatic heterocycles. The third kappa shape index (κ3) is 5.25. The minimum absolute atomic E-state index is 0.102. The summed E-state index contributed by atoms with van der Waals surface area (Å²) in [4.78, 5) is 20.3. The first-order valence-electron chi connectivity index (χ1n) is 8.23. The van der Waals surface area contributed by atoms with Gasteiger partial charge in [0.25, 0.3) is 5.91 Å². The predicted octanol–water partition coefficient (Wildman–Crippen LogP) is 4.97. The van der Waals surface area contributed by atoms with E-state index in [-0.39, 0.29) is 27.2 Å². The minimum atomic E-state index is -3.90. The van der Waals surface area contributed by atoms with Gasteiger partial charge in [0, 0.05) is 5.02 Å². The quantitative estimate of drug-likeness (QED) is 0.532. The summed E-state index contributed by atoms with van der Waals surface area (Å²) in [6.45, 7) is 1.86. The highest BCUT2D eigenvalue weighted by atomic mass is 35.5. The topological polar surface area (TPSA) is 89.0 Å². The van der Waals surface area contributed by atoms with Gasteiger partial charge in [0.05, 0.1) is 27.7 Å². The number of hydrogen-bond acceptors (Lipinski definition) is 5. The Labute approximate surface area is 182 Å². The Morgan fingerprint density at radius 1 is 1.07 bits per heavy atom. The largest absolute Gasteiger partial charge is 0.319 e. The van der Waals surface area contributed by atoms with Crippen molar-refractivity contribution in [3.8, 4) is 0 Å². The highest BCUT2D eigenvalue weighted by Crippen LogP contribution is 2.26. The minimum Gasteiger partial charge on any atom is -0.319 e. The van der Waals surface area contributed by atoms with Crippen LogP contribution in [0.5, 0.6) is 0 Å². The molecule has 0 saturated carbocycles. The van der Waals surface area contributed by atoms with Crippen LogP contribution in [0.15, 0.2) is 53.8 Å². The van der Waals surface area contributed by atoms with E-state index in [9.17, 15) is 13.2 Å². The molecule has 1 N–H and O–H groups in total. The summed E-state index contributed by atoms with van der Waals surface area (Å²) in [5.41, 5.74) is 1.46. The van der Waals surface area contributed by atoms with E-state index in [0.29, 0.717) is 10.6 Å². The molecule has 0 unspecified atom stereocenters. The Kier molecular flexibility index (Phi) is 6.43. The lowest BCUT2D eigenvalue weighted by Gasteiger charge is -2.10. The predicted molar refractivity (Wildman–Crippen MR) is 114 cm³/mol. The third-order valence-electron chi connectivity index (χ3n) is 3.83. The van der Waals surface area contributed by atoms with Gasteiger partial charge in [0.15, 0.2) is 5.69 Å². The molecular formula is C19H14Cl3N3O3S. The average molecular weight is 471 g/mol. The van der Waals surface area contributed by atoms with Crippen LogP contribution in [0.1, 0.15) is 21.6 Å². The summed E-state index contributed by atoms with van der Waals surface area (Å²) < 4.78 is 25.4. The summed E-state index contributed by atoms with van der Waals surface area (Å²) in [5.74, 6) is -1.05. The number of nitrogens with one attached hydrogen (secondary N) is 1. The molecule has 3 aromatic rings. The van der Waals surface area contributed by atoms with Crippen molar-refractivity contribution >= 4 is 56.2 Å². The van der Waals surface area contributed by atoms with E-state index in [1.54, 1.807) is 24.3 Å². The van der Waals surface area contributed by atoms with E-state index in [1.807, 2.05) is 13.0 Å². The second kappa shape index (κ2) is 8.67. The number of aryl methyl sites for hydroxylation is 1. The van der Waals surface area contributed by atoms with Gasteiger partial charge in [0.1, 0.15) is 0 Å². The maximum Gasteiger partial charge on any atom is 0.276 e. The first-order chi connectivity index (χ1) is 13.7. The maximum atomic E-state index is 12.7. The Hall–Kier alpha value is -2.19. The Bertz CT molecular complexity index is 1200. The Balaban J connectivity index is 1.91. The monoisotopic (exact) mass is 469 g/mol. The van der Waals surface area contributed by atoms with Crippen LogP contribution in [0.3, 0.4) is 0 Å². The molecule has 29 heavy (non-hydrogen) atoms. The van der Waals surface area contributed by atoms with Gasteiger partial charge < -0.3 is 5.32 Å². The number of carbonyl (C=O) groups is 1. The average Bonchev–Trinajstić information content (AvgIpc) is 2.64. The van der Waals surface area contributed by atoms with Gasteiger partial charge in [-0.15, -0.1) is 0 Å². The van der Waals surface area contributed by atoms with E-state index in [0.717, 1.165) is 11.8 Å². The van der Waals surface area contributed by atoms with E-state index < -0.39 is 20.9 Å². The van der Waals surface area contributed by atoms with Crippen molar-refractivity contribution in [1.29, 1.82) is 0 Å². The molecule has 10 heteroatoms. The van der Waals surface area contributed by atoms with Crippen LogP contribution in [0.2, 0.25) is 15.1 Å². The van der Waals surface area contributed by atoms with Gasteiger partial charge in [-0.05, 0) is 30.7 Å². The summed E-state index contributed by atoms with van der Waals surface area (Å²) in [6, 6.07) is 11.6. The molecule has 3 rings (SSSR count). The van der Waals surface area contributed by atoms with Gasteiger partial charge >= 0.3 is 0 Å². The highest BCUT2D eigenvalue weighted by molar-refractivity contribution is 7.90. The number of nitrogens with zero attached hydrogens (tertiary/aromatic N) is 2. The molecule has 0 aliphatic carbocycles. The summed E-state index contributed by atoms with van der Waals surface area (Å²) in [5, 5.41) is 2.53. The fourth-order valence-electron chi connectivity index (χ4n) is 2.52. The van der Waals surface area contributed by atoms with Crippen molar-refractivity contribution in [3.05, 3.63) is 80.6 Å². The van der Waals surface area contributed by atoms with Crippen LogP contribution in [-0.4, -0.2) is 24.3 Å². The van der Waals surface area contributed by atoms with Crippen molar-refractivity contribution < 1.29 is 13.2 Å². The Morgan fingerprint density at radius 3 is 2.55 bits per heavy atom. The molecule has 0 radical (unpaired) electrons. The van der Waals surface area contributed by atoms with Crippen molar-refractivity contribution in [2.24, 2.45) is 0 Å². The van der Waals surface area contributed by atoms with Crippen molar-refractivity contribution in [2.45, 2.75) is 17.8 Å². The summed E-state index contributed by atoms with van der Waals surface area (Å²) in [7, 11) is -3.90. The number of carbonyl (C=O) groups excluding carboxylic acids is 1. The lowest BCUT2D eigenvalue weighted by molar-refractivity contribution is 0.102. The summed E-state index contributed by atoms with van der Waals surface area (Å²) >= 11 is 18.0. The Morgan fingerprint density at radius 2 is 1.83 bits per heavy atom. The van der Waals surface area contributed by atoms with Crippen LogP contribution < -0.4 is 5.32 Å². The van der Waals surface area contributed by atoms with Crippen molar-refractivity contribution in [1.82, 2.24) is 9.97 Å². The van der Waals surface area contributed by atoms with Crippen LogP contribution in [0.4, 0.5) is 5.69 Å². The lowest BCUT2D eigenvalue weighted by Crippen LogP contribution is -2.18. The number of hydrogen-bond donors (Lipinski definition) is 1. The first-order valence-corrected chi connectivity index (χ1v) is 11.0. The number of rotatable bonds is 5. The van der Waals surface area contributed by atoms with Crippen LogP contribution in [0.25, 0.3) is 0 Å². The number of aromatic nitrogens is 2. The SMILES string of the molecule is Cc1cccc(CS(=O)(=O)c2ncc(Cl)c(C(=O)Nc3cc(Cl)ccc3Cl)n2)c1. The molecule has 6 nitrogen and oxygen atoms in total. The lowest BCUT2D eigenvalue weighted by atomic mass is 10.2. The second-order valence-electron chi connectivity index (χ2n) is 6.18. The molecular weight excluding hydrogens is 457 g/mol. The van der Waals surface area contributed by atoms with Gasteiger partial charge in [-0.2, -0.15) is 0 Å². The second-order valence-corrected chi connectivity index (χ2v) is 9.31. The van der Waals surface area contributed by atoms with E-state index in [4.69, 9.17) is 34.8 Å². The van der Waals surface area contributed by atoms with E-state index in [1.165, 1.54) is 12.1 Å². The van der Waals surface area contributed by atoms with Crippen LogP contribution in [0, 0.1) is 6.92 Å². The molecule has 150 valence electrons. The summed E-state index contributed by atoms with van der Waals surface area (Å²) in [6.07, 6.45) is 1.08. The number of halogens is 3. The highest BCUT2D eigenvalue weighted by Gasteiger charge is 2.23. The third-order valence-corrected chi connectivity index (χ3v) is 6.14. The molecule has 0 aliphatic rings. The number of sulfone groups is 1. The standard InChI is InChI=1S/C19H14Cl3N3O3S/c1-11-3-2-4-12(7-11)10-29(27,28)19-23-9-15(22)17(25-19)18(26)24-16-8-13(20)5-6-14(16)21/h2-9H,10H2,1H3,(H,24,26). The molecule has 1 heterocycles. The molecule has 1 amide bonds. The number of benzene rings is 2. The van der Waals surface area contributed by atoms with Gasteiger partial charge in [0.2, 0.25) is 15.0 Å². The number of amides is 1. The molecule has 0 aliphatic heterocycles. The van der Waals surface area contributed by atoms with E-state index in [2.05, 4.69) is 15.3 Å². The van der Waals surface area contributed by atoms with Gasteiger partial charge in [-0.1, -0.05) is 64.6 Å². The zero-order valence-electron chi connectivity index (χ0n) is 15.0. The van der Waals surface area contributed by atoms with Crippen LogP contribution >= 0.6 is 34.8 Å². The maximum absolute atomic E-state index is 12.7. The molecule has 0 bridgehead atoms. The first kappa shape index (κ1) is 21.5. The van der Waals surface area contributed by atoms with Crippen molar-refractivity contribution in [3.63, 3.8) is 0 Å².